The molecular weight excluding hydrogens is 320 g/mol. The SMILES string of the molecule is COc1ccc(OCCNC(=O)c2cc(-c3ccccc3)on2)cc1. The molecule has 3 aromatic rings. The Kier molecular flexibility index (Phi) is 5.31. The van der Waals surface area contributed by atoms with E-state index in [0.29, 0.717) is 24.7 Å². The van der Waals surface area contributed by atoms with Crippen molar-refractivity contribution in [2.45, 2.75) is 0 Å². The van der Waals surface area contributed by atoms with Crippen LogP contribution in [0, 0.1) is 0 Å². The second kappa shape index (κ2) is 8.01. The number of amides is 1. The molecule has 0 fully saturated rings. The van der Waals surface area contributed by atoms with E-state index in [1.165, 1.54) is 0 Å². The van der Waals surface area contributed by atoms with Gasteiger partial charge in [-0.25, -0.2) is 0 Å². The lowest BCUT2D eigenvalue weighted by Crippen LogP contribution is -2.28. The maximum atomic E-state index is 12.1. The van der Waals surface area contributed by atoms with Crippen molar-refractivity contribution in [3.05, 3.63) is 66.4 Å². The summed E-state index contributed by atoms with van der Waals surface area (Å²) in [6.45, 7) is 0.708. The highest BCUT2D eigenvalue weighted by Crippen LogP contribution is 2.19. The van der Waals surface area contributed by atoms with Crippen molar-refractivity contribution in [3.63, 3.8) is 0 Å². The van der Waals surface area contributed by atoms with Gasteiger partial charge in [0.15, 0.2) is 11.5 Å². The summed E-state index contributed by atoms with van der Waals surface area (Å²) in [7, 11) is 1.61. The Hall–Kier alpha value is -3.28. The molecule has 25 heavy (non-hydrogen) atoms. The molecule has 0 saturated carbocycles. The second-order valence-corrected chi connectivity index (χ2v) is 5.22. The minimum absolute atomic E-state index is 0.239. The molecule has 0 aliphatic carbocycles. The third kappa shape index (κ3) is 4.38. The molecule has 1 aromatic heterocycles. The van der Waals surface area contributed by atoms with E-state index in [0.717, 1.165) is 11.3 Å². The molecule has 2 aromatic carbocycles. The van der Waals surface area contributed by atoms with Gasteiger partial charge in [-0.1, -0.05) is 35.5 Å². The van der Waals surface area contributed by atoms with E-state index in [4.69, 9.17) is 14.0 Å². The number of rotatable bonds is 7. The molecular formula is C19H18N2O4. The first-order valence-corrected chi connectivity index (χ1v) is 7.83. The van der Waals surface area contributed by atoms with Crippen LogP contribution in [0.2, 0.25) is 0 Å². The number of benzene rings is 2. The molecule has 1 heterocycles. The third-order valence-electron chi connectivity index (χ3n) is 3.52. The summed E-state index contributed by atoms with van der Waals surface area (Å²) >= 11 is 0. The molecule has 1 N–H and O–H groups in total. The molecule has 128 valence electrons. The normalized spacial score (nSPS) is 10.3. The van der Waals surface area contributed by atoms with Crippen molar-refractivity contribution in [2.75, 3.05) is 20.3 Å². The summed E-state index contributed by atoms with van der Waals surface area (Å²) in [4.78, 5) is 12.1. The van der Waals surface area contributed by atoms with Crippen molar-refractivity contribution < 1.29 is 18.8 Å². The number of methoxy groups -OCH3 is 1. The van der Waals surface area contributed by atoms with E-state index in [9.17, 15) is 4.79 Å². The Balaban J connectivity index is 1.47. The van der Waals surface area contributed by atoms with Crippen molar-refractivity contribution in [3.8, 4) is 22.8 Å². The highest BCUT2D eigenvalue weighted by atomic mass is 16.5. The van der Waals surface area contributed by atoms with E-state index in [1.54, 1.807) is 13.2 Å². The Morgan fingerprint density at radius 2 is 1.80 bits per heavy atom. The molecule has 0 radical (unpaired) electrons. The van der Waals surface area contributed by atoms with Crippen LogP contribution in [-0.4, -0.2) is 31.3 Å². The van der Waals surface area contributed by atoms with Gasteiger partial charge in [-0.2, -0.15) is 0 Å². The van der Waals surface area contributed by atoms with Gasteiger partial charge in [0, 0.05) is 11.6 Å². The predicted octanol–water partition coefficient (Wildman–Crippen LogP) is 3.16. The largest absolute Gasteiger partial charge is 0.497 e. The minimum atomic E-state index is -0.302. The first-order chi connectivity index (χ1) is 12.3. The van der Waals surface area contributed by atoms with Crippen LogP contribution < -0.4 is 14.8 Å². The average Bonchev–Trinajstić information content (AvgIpc) is 3.16. The van der Waals surface area contributed by atoms with Crippen LogP contribution in [0.1, 0.15) is 10.5 Å². The standard InChI is InChI=1S/C19H18N2O4/c1-23-15-7-9-16(10-8-15)24-12-11-20-19(22)17-13-18(25-21-17)14-5-3-2-4-6-14/h2-10,13H,11-12H2,1H3,(H,20,22). The number of ether oxygens (including phenoxy) is 2. The first kappa shape index (κ1) is 16.6. The summed E-state index contributed by atoms with van der Waals surface area (Å²) in [5.74, 6) is 1.73. The van der Waals surface area contributed by atoms with Gasteiger partial charge in [0.25, 0.3) is 5.91 Å². The number of nitrogens with zero attached hydrogens (tertiary/aromatic N) is 1. The monoisotopic (exact) mass is 338 g/mol. The number of hydrogen-bond acceptors (Lipinski definition) is 5. The van der Waals surface area contributed by atoms with Gasteiger partial charge in [-0.3, -0.25) is 4.79 Å². The van der Waals surface area contributed by atoms with Crippen molar-refractivity contribution in [1.29, 1.82) is 0 Å². The number of aromatic nitrogens is 1. The summed E-state index contributed by atoms with van der Waals surface area (Å²) in [5, 5.41) is 6.55. The Bertz CT molecular complexity index is 813. The van der Waals surface area contributed by atoms with Crippen LogP contribution in [0.25, 0.3) is 11.3 Å². The van der Waals surface area contributed by atoms with Gasteiger partial charge in [0.2, 0.25) is 0 Å². The highest BCUT2D eigenvalue weighted by Gasteiger charge is 2.13. The molecule has 6 nitrogen and oxygen atoms in total. The molecule has 0 bridgehead atoms. The number of nitrogens with one attached hydrogen (secondary N) is 1. The molecule has 6 heteroatoms. The van der Waals surface area contributed by atoms with Gasteiger partial charge in [-0.05, 0) is 24.3 Å². The Morgan fingerprint density at radius 1 is 1.08 bits per heavy atom. The lowest BCUT2D eigenvalue weighted by molar-refractivity contribution is 0.0938. The molecule has 0 spiro atoms. The summed E-state index contributed by atoms with van der Waals surface area (Å²) in [6.07, 6.45) is 0. The minimum Gasteiger partial charge on any atom is -0.497 e. The fourth-order valence-electron chi connectivity index (χ4n) is 2.22. The van der Waals surface area contributed by atoms with Crippen LogP contribution in [0.4, 0.5) is 0 Å². The van der Waals surface area contributed by atoms with Crippen LogP contribution in [0.3, 0.4) is 0 Å². The Morgan fingerprint density at radius 3 is 2.52 bits per heavy atom. The topological polar surface area (TPSA) is 73.6 Å². The maximum absolute atomic E-state index is 12.1. The zero-order valence-electron chi connectivity index (χ0n) is 13.8. The molecule has 0 aliphatic heterocycles. The van der Waals surface area contributed by atoms with Gasteiger partial charge >= 0.3 is 0 Å². The first-order valence-electron chi connectivity index (χ1n) is 7.83. The number of hydrogen-bond donors (Lipinski definition) is 1. The lowest BCUT2D eigenvalue weighted by Gasteiger charge is -2.07. The summed E-state index contributed by atoms with van der Waals surface area (Å²) in [5.41, 5.74) is 1.11. The highest BCUT2D eigenvalue weighted by molar-refractivity contribution is 5.93. The van der Waals surface area contributed by atoms with Gasteiger partial charge in [-0.15, -0.1) is 0 Å². The smallest absolute Gasteiger partial charge is 0.273 e. The third-order valence-corrected chi connectivity index (χ3v) is 3.52. The molecule has 0 saturated heterocycles. The fraction of sp³-hybridized carbons (Fsp3) is 0.158. The van der Waals surface area contributed by atoms with Crippen LogP contribution >= 0.6 is 0 Å². The van der Waals surface area contributed by atoms with E-state index >= 15 is 0 Å². The maximum Gasteiger partial charge on any atom is 0.273 e. The van der Waals surface area contributed by atoms with E-state index in [1.807, 2.05) is 54.6 Å². The molecule has 3 rings (SSSR count). The van der Waals surface area contributed by atoms with Crippen molar-refractivity contribution in [2.24, 2.45) is 0 Å². The van der Waals surface area contributed by atoms with Crippen LogP contribution in [0.5, 0.6) is 11.5 Å². The quantitative estimate of drug-likeness (QED) is 0.670. The molecule has 0 atom stereocenters. The van der Waals surface area contributed by atoms with Gasteiger partial charge in [0.05, 0.1) is 13.7 Å². The zero-order valence-corrected chi connectivity index (χ0v) is 13.8. The second-order valence-electron chi connectivity index (χ2n) is 5.22. The number of carbonyl (C=O) groups excluding carboxylic acids is 1. The predicted molar refractivity (Wildman–Crippen MR) is 92.8 cm³/mol. The van der Waals surface area contributed by atoms with Crippen LogP contribution in [0.15, 0.2) is 65.2 Å². The fourth-order valence-corrected chi connectivity index (χ4v) is 2.22. The van der Waals surface area contributed by atoms with Crippen molar-refractivity contribution >= 4 is 5.91 Å². The van der Waals surface area contributed by atoms with Crippen LogP contribution in [-0.2, 0) is 0 Å². The average molecular weight is 338 g/mol. The van der Waals surface area contributed by atoms with Gasteiger partial charge < -0.3 is 19.3 Å². The number of carbonyl (C=O) groups is 1. The van der Waals surface area contributed by atoms with Gasteiger partial charge in [0.1, 0.15) is 18.1 Å². The zero-order chi connectivity index (χ0) is 17.5. The lowest BCUT2D eigenvalue weighted by atomic mass is 10.1. The molecule has 0 unspecified atom stereocenters. The molecule has 1 amide bonds. The van der Waals surface area contributed by atoms with E-state index < -0.39 is 0 Å². The summed E-state index contributed by atoms with van der Waals surface area (Å²) in [6, 6.07) is 18.4. The van der Waals surface area contributed by atoms with E-state index in [-0.39, 0.29) is 11.6 Å². The molecule has 0 aliphatic rings. The van der Waals surface area contributed by atoms with E-state index in [2.05, 4.69) is 10.5 Å². The Labute approximate surface area is 145 Å². The summed E-state index contributed by atoms with van der Waals surface area (Å²) < 4.78 is 15.8. The van der Waals surface area contributed by atoms with Crippen molar-refractivity contribution in [1.82, 2.24) is 10.5 Å².